The predicted molar refractivity (Wildman–Crippen MR) is 40.1 cm³/mol. The highest BCUT2D eigenvalue weighted by molar-refractivity contribution is 5.23. The molecular formula is C8H12N2. The molecule has 0 spiro atoms. The maximum Gasteiger partial charge on any atom is 0.103 e. The summed E-state index contributed by atoms with van der Waals surface area (Å²) in [6.07, 6.45) is 2.46. The van der Waals surface area contributed by atoms with Crippen molar-refractivity contribution in [2.75, 3.05) is 0 Å². The number of hydrogen-bond acceptors (Lipinski definition) is 1. The molecule has 0 saturated heterocycles. The predicted octanol–water partition coefficient (Wildman–Crippen LogP) is 1.77. The average molecular weight is 136 g/mol. The van der Waals surface area contributed by atoms with Crippen molar-refractivity contribution in [3.05, 3.63) is 17.2 Å². The van der Waals surface area contributed by atoms with Crippen LogP contribution in [0.5, 0.6) is 0 Å². The Morgan fingerprint density at radius 3 is 3.10 bits per heavy atom. The maximum atomic E-state index is 4.42. The van der Waals surface area contributed by atoms with Gasteiger partial charge in [0.2, 0.25) is 0 Å². The van der Waals surface area contributed by atoms with Crippen LogP contribution in [0.25, 0.3) is 0 Å². The first-order chi connectivity index (χ1) is 4.77. The maximum absolute atomic E-state index is 4.42. The number of imidazole rings is 1. The molecule has 10 heavy (non-hydrogen) atoms. The molecular weight excluding hydrogens is 124 g/mol. The minimum Gasteiger partial charge on any atom is -0.346 e. The van der Waals surface area contributed by atoms with Gasteiger partial charge in [-0.05, 0) is 19.8 Å². The number of rotatable bonds is 0. The van der Waals surface area contributed by atoms with E-state index in [1.54, 1.807) is 0 Å². The van der Waals surface area contributed by atoms with Crippen molar-refractivity contribution >= 4 is 0 Å². The Balaban J connectivity index is 2.49. The van der Waals surface area contributed by atoms with Gasteiger partial charge in [-0.2, -0.15) is 0 Å². The Labute approximate surface area is 60.7 Å². The highest BCUT2D eigenvalue weighted by Gasteiger charge is 2.21. The summed E-state index contributed by atoms with van der Waals surface area (Å²) in [6.45, 7) is 4.26. The number of aromatic nitrogens is 2. The second-order valence-electron chi connectivity index (χ2n) is 3.13. The zero-order valence-electron chi connectivity index (χ0n) is 6.44. The number of nitrogens with one attached hydrogen (secondary N) is 1. The molecule has 1 N–H and O–H groups in total. The highest BCUT2D eigenvalue weighted by Crippen LogP contribution is 2.29. The van der Waals surface area contributed by atoms with Gasteiger partial charge in [-0.3, -0.25) is 0 Å². The summed E-state index contributed by atoms with van der Waals surface area (Å²) in [5, 5.41) is 0. The van der Waals surface area contributed by atoms with Gasteiger partial charge in [0.05, 0.1) is 5.69 Å². The second kappa shape index (κ2) is 1.84. The molecule has 2 nitrogen and oxygen atoms in total. The number of aromatic amines is 1. The largest absolute Gasteiger partial charge is 0.346 e. The third kappa shape index (κ3) is 0.681. The molecule has 2 heteroatoms. The van der Waals surface area contributed by atoms with Gasteiger partial charge < -0.3 is 4.98 Å². The lowest BCUT2D eigenvalue weighted by Crippen LogP contribution is -1.86. The van der Waals surface area contributed by atoms with E-state index in [-0.39, 0.29) is 0 Å². The van der Waals surface area contributed by atoms with E-state index >= 15 is 0 Å². The van der Waals surface area contributed by atoms with Gasteiger partial charge in [0, 0.05) is 11.6 Å². The molecule has 1 aromatic rings. The van der Waals surface area contributed by atoms with Gasteiger partial charge in [0.15, 0.2) is 0 Å². The fourth-order valence-corrected chi connectivity index (χ4v) is 1.65. The molecule has 1 atom stereocenters. The molecule has 0 saturated carbocycles. The molecule has 1 aliphatic carbocycles. The Bertz CT molecular complexity index is 250. The standard InChI is InChI=1S/C8H12N2/c1-5-3-4-7-8(5)10-6(2)9-7/h5H,3-4H2,1-2H3,(H,9,10). The van der Waals surface area contributed by atoms with Crippen LogP contribution in [-0.2, 0) is 6.42 Å². The lowest BCUT2D eigenvalue weighted by Gasteiger charge is -1.95. The quantitative estimate of drug-likeness (QED) is 0.578. The third-order valence-corrected chi connectivity index (χ3v) is 2.22. The van der Waals surface area contributed by atoms with E-state index in [0.29, 0.717) is 5.92 Å². The van der Waals surface area contributed by atoms with Crippen LogP contribution in [0.2, 0.25) is 0 Å². The Morgan fingerprint density at radius 2 is 2.40 bits per heavy atom. The molecule has 0 fully saturated rings. The molecule has 0 radical (unpaired) electrons. The number of H-pyrrole nitrogens is 1. The Hall–Kier alpha value is -0.790. The van der Waals surface area contributed by atoms with E-state index in [1.807, 2.05) is 6.92 Å². The minimum atomic E-state index is 0.681. The van der Waals surface area contributed by atoms with Gasteiger partial charge in [-0.1, -0.05) is 6.92 Å². The smallest absolute Gasteiger partial charge is 0.103 e. The summed E-state index contributed by atoms with van der Waals surface area (Å²) in [4.78, 5) is 7.69. The molecule has 0 amide bonds. The van der Waals surface area contributed by atoms with Crippen molar-refractivity contribution in [2.45, 2.75) is 32.6 Å². The molecule has 54 valence electrons. The van der Waals surface area contributed by atoms with Crippen LogP contribution in [0.15, 0.2) is 0 Å². The van der Waals surface area contributed by atoms with Crippen LogP contribution >= 0.6 is 0 Å². The van der Waals surface area contributed by atoms with Crippen molar-refractivity contribution in [1.29, 1.82) is 0 Å². The van der Waals surface area contributed by atoms with E-state index in [1.165, 1.54) is 24.2 Å². The van der Waals surface area contributed by atoms with Crippen molar-refractivity contribution in [2.24, 2.45) is 0 Å². The van der Waals surface area contributed by atoms with Gasteiger partial charge in [-0.25, -0.2) is 4.98 Å². The fraction of sp³-hybridized carbons (Fsp3) is 0.625. The summed E-state index contributed by atoms with van der Waals surface area (Å²) in [5.74, 6) is 1.75. The summed E-state index contributed by atoms with van der Waals surface area (Å²) in [6, 6.07) is 0. The van der Waals surface area contributed by atoms with Gasteiger partial charge in [0.25, 0.3) is 0 Å². The van der Waals surface area contributed by atoms with Crippen LogP contribution in [-0.4, -0.2) is 9.97 Å². The molecule has 1 heterocycles. The summed E-state index contributed by atoms with van der Waals surface area (Å²) < 4.78 is 0. The van der Waals surface area contributed by atoms with E-state index < -0.39 is 0 Å². The van der Waals surface area contributed by atoms with Crippen molar-refractivity contribution in [3.8, 4) is 0 Å². The van der Waals surface area contributed by atoms with E-state index in [4.69, 9.17) is 0 Å². The number of fused-ring (bicyclic) bond motifs is 1. The van der Waals surface area contributed by atoms with Crippen LogP contribution in [0, 0.1) is 6.92 Å². The van der Waals surface area contributed by atoms with Crippen LogP contribution in [0.1, 0.15) is 36.5 Å². The summed E-state index contributed by atoms with van der Waals surface area (Å²) >= 11 is 0. The molecule has 0 aliphatic heterocycles. The zero-order valence-corrected chi connectivity index (χ0v) is 6.44. The highest BCUT2D eigenvalue weighted by atomic mass is 14.9. The van der Waals surface area contributed by atoms with Gasteiger partial charge >= 0.3 is 0 Å². The average Bonchev–Trinajstić information content (AvgIpc) is 2.35. The Kier molecular flexibility index (Phi) is 1.10. The lowest BCUT2D eigenvalue weighted by molar-refractivity contribution is 0.721. The third-order valence-electron chi connectivity index (χ3n) is 2.22. The zero-order chi connectivity index (χ0) is 7.14. The first-order valence-corrected chi connectivity index (χ1v) is 3.83. The Morgan fingerprint density at radius 1 is 1.60 bits per heavy atom. The number of nitrogens with zero attached hydrogens (tertiary/aromatic N) is 1. The first-order valence-electron chi connectivity index (χ1n) is 3.83. The molecule has 2 rings (SSSR count). The lowest BCUT2D eigenvalue weighted by atomic mass is 10.1. The van der Waals surface area contributed by atoms with Crippen LogP contribution < -0.4 is 0 Å². The minimum absolute atomic E-state index is 0.681. The summed E-state index contributed by atoms with van der Waals surface area (Å²) in [5.41, 5.74) is 2.67. The van der Waals surface area contributed by atoms with E-state index in [0.717, 1.165) is 5.82 Å². The van der Waals surface area contributed by atoms with E-state index in [9.17, 15) is 0 Å². The van der Waals surface area contributed by atoms with Crippen molar-refractivity contribution in [3.63, 3.8) is 0 Å². The van der Waals surface area contributed by atoms with Crippen LogP contribution in [0.3, 0.4) is 0 Å². The second-order valence-corrected chi connectivity index (χ2v) is 3.13. The molecule has 1 aromatic heterocycles. The topological polar surface area (TPSA) is 28.7 Å². The molecule has 1 unspecified atom stereocenters. The monoisotopic (exact) mass is 136 g/mol. The molecule has 1 aliphatic rings. The van der Waals surface area contributed by atoms with Gasteiger partial charge in [0.1, 0.15) is 5.82 Å². The summed E-state index contributed by atoms with van der Waals surface area (Å²) in [7, 11) is 0. The number of aryl methyl sites for hydroxylation is 2. The first kappa shape index (κ1) is 5.96. The van der Waals surface area contributed by atoms with E-state index in [2.05, 4.69) is 16.9 Å². The fourth-order valence-electron chi connectivity index (χ4n) is 1.65. The van der Waals surface area contributed by atoms with Crippen LogP contribution in [0.4, 0.5) is 0 Å². The molecule has 0 aromatic carbocycles. The molecule has 0 bridgehead atoms. The SMILES string of the molecule is Cc1nc2c([nH]1)CCC2C. The number of hydrogen-bond donors (Lipinski definition) is 1. The normalized spacial score (nSPS) is 23.2. The van der Waals surface area contributed by atoms with Gasteiger partial charge in [-0.15, -0.1) is 0 Å². The van der Waals surface area contributed by atoms with Crippen molar-refractivity contribution in [1.82, 2.24) is 9.97 Å². The van der Waals surface area contributed by atoms with Crippen molar-refractivity contribution < 1.29 is 0 Å².